The lowest BCUT2D eigenvalue weighted by molar-refractivity contribution is -0.137. The number of H-pyrrole nitrogens is 1. The number of carbonyl (C=O) groups is 2. The highest BCUT2D eigenvalue weighted by Crippen LogP contribution is 2.37. The maximum Gasteiger partial charge on any atom is 0.417 e. The van der Waals surface area contributed by atoms with Crippen molar-refractivity contribution in [3.63, 3.8) is 0 Å². The minimum Gasteiger partial charge on any atom is -0.465 e. The number of rotatable bonds is 4. The zero-order valence-corrected chi connectivity index (χ0v) is 19.9. The van der Waals surface area contributed by atoms with E-state index in [1.807, 2.05) is 0 Å². The Kier molecular flexibility index (Phi) is 6.19. The van der Waals surface area contributed by atoms with Crippen LogP contribution in [0.1, 0.15) is 26.3 Å². The molecule has 0 saturated carbocycles. The number of halogens is 5. The van der Waals surface area contributed by atoms with E-state index in [1.54, 1.807) is 6.07 Å². The smallest absolute Gasteiger partial charge is 0.417 e. The molecule has 2 heterocycles. The molecule has 38 heavy (non-hydrogen) atoms. The zero-order valence-electron chi connectivity index (χ0n) is 19.2. The van der Waals surface area contributed by atoms with Crippen LogP contribution < -0.4 is 0 Å². The van der Waals surface area contributed by atoms with Gasteiger partial charge in [0.05, 0.1) is 34.3 Å². The van der Waals surface area contributed by atoms with Crippen LogP contribution in [0.15, 0.2) is 60.9 Å². The topological polar surface area (TPSA) is 103 Å². The Labute approximate surface area is 215 Å². The third-order valence-corrected chi connectivity index (χ3v) is 6.06. The van der Waals surface area contributed by atoms with Gasteiger partial charge in [0.2, 0.25) is 0 Å². The first-order valence-corrected chi connectivity index (χ1v) is 11.2. The monoisotopic (exact) mass is 543 g/mol. The van der Waals surface area contributed by atoms with E-state index in [2.05, 4.69) is 25.0 Å². The lowest BCUT2D eigenvalue weighted by Gasteiger charge is -2.13. The number of ether oxygens (including phenoxy) is 1. The van der Waals surface area contributed by atoms with Crippen molar-refractivity contribution in [1.82, 2.24) is 25.0 Å². The number of nitrogens with zero attached hydrogens (tertiary/aromatic N) is 4. The number of hydrogen-bond donors (Lipinski definition) is 1. The van der Waals surface area contributed by atoms with E-state index >= 15 is 4.39 Å². The number of carbonyl (C=O) groups excluding carboxylic acids is 2. The lowest BCUT2D eigenvalue weighted by Crippen LogP contribution is -2.20. The Morgan fingerprint density at radius 1 is 1.08 bits per heavy atom. The van der Waals surface area contributed by atoms with E-state index in [0.717, 1.165) is 36.1 Å². The van der Waals surface area contributed by atoms with Crippen molar-refractivity contribution in [3.8, 4) is 22.6 Å². The highest BCUT2D eigenvalue weighted by molar-refractivity contribution is 6.34. The van der Waals surface area contributed by atoms with Crippen LogP contribution in [0.4, 0.5) is 17.6 Å². The molecule has 0 spiro atoms. The van der Waals surface area contributed by atoms with Crippen LogP contribution in [0, 0.1) is 5.82 Å². The SMILES string of the molecule is COC(=O)c1ccc(-c2nn(C(=O)c3c(Cl)cccc3C(F)(F)F)c3cc(-c4nnc[nH]4)ccc23)c(F)c1. The molecule has 8 nitrogen and oxygen atoms in total. The normalized spacial score (nSPS) is 11.6. The summed E-state index contributed by atoms with van der Waals surface area (Å²) in [6, 6.07) is 11.0. The van der Waals surface area contributed by atoms with Gasteiger partial charge in [0.25, 0.3) is 5.91 Å². The number of fused-ring (bicyclic) bond motifs is 1. The number of esters is 1. The van der Waals surface area contributed by atoms with Crippen molar-refractivity contribution in [3.05, 3.63) is 88.5 Å². The molecular weight excluding hydrogens is 530 g/mol. The first kappa shape index (κ1) is 25.1. The molecule has 0 saturated heterocycles. The fourth-order valence-electron chi connectivity index (χ4n) is 4.00. The summed E-state index contributed by atoms with van der Waals surface area (Å²) in [5.41, 5.74) is -1.78. The predicted octanol–water partition coefficient (Wildman–Crippen LogP) is 5.77. The van der Waals surface area contributed by atoms with Crippen molar-refractivity contribution < 1.29 is 31.9 Å². The summed E-state index contributed by atoms with van der Waals surface area (Å²) in [5.74, 6) is -2.49. The highest BCUT2D eigenvalue weighted by Gasteiger charge is 2.37. The molecule has 0 amide bonds. The van der Waals surface area contributed by atoms with E-state index in [9.17, 15) is 22.8 Å². The predicted molar refractivity (Wildman–Crippen MR) is 128 cm³/mol. The number of hydrogen-bond acceptors (Lipinski definition) is 6. The zero-order chi connectivity index (χ0) is 27.2. The third kappa shape index (κ3) is 4.28. The summed E-state index contributed by atoms with van der Waals surface area (Å²) >= 11 is 6.06. The molecular formula is C25H14ClF4N5O3. The van der Waals surface area contributed by atoms with Gasteiger partial charge in [0, 0.05) is 16.5 Å². The summed E-state index contributed by atoms with van der Waals surface area (Å²) < 4.78 is 61.8. The molecule has 0 unspecified atom stereocenters. The van der Waals surface area contributed by atoms with Crippen LogP contribution in [0.25, 0.3) is 33.5 Å². The maximum absolute atomic E-state index is 15.1. The number of aromatic nitrogens is 5. The van der Waals surface area contributed by atoms with Crippen LogP contribution in [-0.2, 0) is 10.9 Å². The first-order valence-electron chi connectivity index (χ1n) is 10.8. The van der Waals surface area contributed by atoms with E-state index in [4.69, 9.17) is 11.6 Å². The second-order valence-electron chi connectivity index (χ2n) is 7.98. The Morgan fingerprint density at radius 3 is 2.53 bits per heavy atom. The summed E-state index contributed by atoms with van der Waals surface area (Å²) in [6.45, 7) is 0. The van der Waals surface area contributed by atoms with Crippen LogP contribution in [0.2, 0.25) is 5.02 Å². The summed E-state index contributed by atoms with van der Waals surface area (Å²) in [5, 5.41) is 11.6. The molecule has 0 aliphatic rings. The van der Waals surface area contributed by atoms with Crippen LogP contribution in [0.5, 0.6) is 0 Å². The van der Waals surface area contributed by atoms with Crippen LogP contribution in [-0.4, -0.2) is 43.9 Å². The van der Waals surface area contributed by atoms with Gasteiger partial charge in [-0.15, -0.1) is 10.2 Å². The fraction of sp³-hybridized carbons (Fsp3) is 0.0800. The number of alkyl halides is 3. The largest absolute Gasteiger partial charge is 0.465 e. The van der Waals surface area contributed by atoms with Crippen molar-refractivity contribution in [2.75, 3.05) is 7.11 Å². The molecule has 5 aromatic rings. The van der Waals surface area contributed by atoms with Gasteiger partial charge >= 0.3 is 12.1 Å². The highest BCUT2D eigenvalue weighted by atomic mass is 35.5. The second kappa shape index (κ2) is 9.38. The molecule has 0 fully saturated rings. The average Bonchev–Trinajstić information content (AvgIpc) is 3.55. The third-order valence-electron chi connectivity index (χ3n) is 5.74. The Morgan fingerprint density at radius 2 is 1.87 bits per heavy atom. The fourth-order valence-corrected chi connectivity index (χ4v) is 4.25. The van der Waals surface area contributed by atoms with Gasteiger partial charge in [-0.1, -0.05) is 23.7 Å². The van der Waals surface area contributed by atoms with Crippen molar-refractivity contribution in [1.29, 1.82) is 0 Å². The number of aromatic amines is 1. The maximum atomic E-state index is 15.1. The number of methoxy groups -OCH3 is 1. The molecule has 0 aliphatic carbocycles. The molecule has 0 aliphatic heterocycles. The van der Waals surface area contributed by atoms with E-state index in [0.29, 0.717) is 11.4 Å². The number of benzene rings is 3. The molecule has 1 N–H and O–H groups in total. The van der Waals surface area contributed by atoms with Gasteiger partial charge < -0.3 is 9.72 Å². The van der Waals surface area contributed by atoms with Crippen LogP contribution >= 0.6 is 11.6 Å². The van der Waals surface area contributed by atoms with Crippen molar-refractivity contribution >= 4 is 34.4 Å². The Bertz CT molecular complexity index is 1710. The Hall–Kier alpha value is -4.58. The van der Waals surface area contributed by atoms with Gasteiger partial charge in [0.15, 0.2) is 5.82 Å². The van der Waals surface area contributed by atoms with Gasteiger partial charge in [-0.25, -0.2) is 9.18 Å². The molecule has 5 rings (SSSR count). The molecule has 13 heteroatoms. The van der Waals surface area contributed by atoms with Gasteiger partial charge in [0.1, 0.15) is 17.8 Å². The van der Waals surface area contributed by atoms with E-state index in [1.165, 1.54) is 30.6 Å². The van der Waals surface area contributed by atoms with E-state index in [-0.39, 0.29) is 27.7 Å². The summed E-state index contributed by atoms with van der Waals surface area (Å²) in [4.78, 5) is 28.2. The standard InChI is InChI=1S/C25H14ClF4N5O3/c1-38-24(37)13-6-7-14(18(27)9-13)21-15-8-5-12(22-31-11-32-33-22)10-19(15)35(34-21)23(36)20-16(25(28,29)30)3-2-4-17(20)26/h2-11H,1H3,(H,31,32,33). The van der Waals surface area contributed by atoms with Gasteiger partial charge in [-0.2, -0.15) is 23.0 Å². The summed E-state index contributed by atoms with van der Waals surface area (Å²) in [7, 11) is 1.14. The van der Waals surface area contributed by atoms with E-state index < -0.39 is 40.0 Å². The second-order valence-corrected chi connectivity index (χ2v) is 8.39. The minimum absolute atomic E-state index is 0.0491. The van der Waals surface area contributed by atoms with Crippen molar-refractivity contribution in [2.45, 2.75) is 6.18 Å². The molecule has 0 radical (unpaired) electrons. The minimum atomic E-state index is -4.89. The summed E-state index contributed by atoms with van der Waals surface area (Å²) in [6.07, 6.45) is -3.56. The van der Waals surface area contributed by atoms with Gasteiger partial charge in [-0.05, 0) is 42.5 Å². The first-order chi connectivity index (χ1) is 18.1. The molecule has 0 bridgehead atoms. The quantitative estimate of drug-likeness (QED) is 0.228. The molecule has 3 aromatic carbocycles. The van der Waals surface area contributed by atoms with Crippen molar-refractivity contribution in [2.24, 2.45) is 0 Å². The number of nitrogens with one attached hydrogen (secondary N) is 1. The Balaban J connectivity index is 1.76. The molecule has 192 valence electrons. The van der Waals surface area contributed by atoms with Gasteiger partial charge in [-0.3, -0.25) is 4.79 Å². The lowest BCUT2D eigenvalue weighted by atomic mass is 10.0. The average molecular weight is 544 g/mol. The molecule has 0 atom stereocenters. The molecule has 2 aromatic heterocycles. The van der Waals surface area contributed by atoms with Crippen LogP contribution in [0.3, 0.4) is 0 Å².